The third-order valence-corrected chi connectivity index (χ3v) is 5.38. The summed E-state index contributed by atoms with van der Waals surface area (Å²) in [5.74, 6) is 2.42. The number of halogens is 1. The van der Waals surface area contributed by atoms with Crippen molar-refractivity contribution in [2.24, 2.45) is 0 Å². The van der Waals surface area contributed by atoms with E-state index in [4.69, 9.17) is 4.98 Å². The predicted octanol–water partition coefficient (Wildman–Crippen LogP) is 4.51. The van der Waals surface area contributed by atoms with Crippen LogP contribution >= 0.6 is 33.9 Å². The summed E-state index contributed by atoms with van der Waals surface area (Å²) in [6.45, 7) is 0. The first-order chi connectivity index (χ1) is 9.29. The van der Waals surface area contributed by atoms with Gasteiger partial charge in [0.05, 0.1) is 9.26 Å². The van der Waals surface area contributed by atoms with Crippen LogP contribution in [-0.2, 0) is 0 Å². The van der Waals surface area contributed by atoms with Gasteiger partial charge in [-0.2, -0.15) is 11.3 Å². The molecule has 0 spiro atoms. The molecule has 1 N–H and O–H groups in total. The third kappa shape index (κ3) is 2.63. The number of anilines is 1. The fraction of sp³-hybridized carbons (Fsp3) is 0.429. The Hall–Kier alpha value is -0.690. The van der Waals surface area contributed by atoms with Crippen molar-refractivity contribution in [3.8, 4) is 11.4 Å². The lowest BCUT2D eigenvalue weighted by Crippen LogP contribution is -2.07. The topological polar surface area (TPSA) is 37.8 Å². The zero-order valence-corrected chi connectivity index (χ0v) is 13.8. The van der Waals surface area contributed by atoms with Crippen molar-refractivity contribution in [1.29, 1.82) is 0 Å². The van der Waals surface area contributed by atoms with Crippen LogP contribution in [0, 0.1) is 3.57 Å². The normalized spacial score (nSPS) is 15.9. The lowest BCUT2D eigenvalue weighted by molar-refractivity contribution is 0.691. The van der Waals surface area contributed by atoms with Crippen molar-refractivity contribution in [1.82, 2.24) is 9.97 Å². The number of nitrogens with zero attached hydrogens (tertiary/aromatic N) is 2. The molecule has 1 fully saturated rings. The number of aromatic nitrogens is 2. The predicted molar refractivity (Wildman–Crippen MR) is 88.8 cm³/mol. The van der Waals surface area contributed by atoms with Gasteiger partial charge >= 0.3 is 0 Å². The molecule has 3 rings (SSSR count). The van der Waals surface area contributed by atoms with Gasteiger partial charge in [-0.15, -0.1) is 0 Å². The van der Waals surface area contributed by atoms with Gasteiger partial charge in [0.2, 0.25) is 0 Å². The minimum absolute atomic E-state index is 0.611. The van der Waals surface area contributed by atoms with Crippen molar-refractivity contribution in [3.05, 3.63) is 26.1 Å². The van der Waals surface area contributed by atoms with E-state index in [1.807, 2.05) is 7.05 Å². The van der Waals surface area contributed by atoms with Gasteiger partial charge in [-0.1, -0.05) is 12.8 Å². The highest BCUT2D eigenvalue weighted by Crippen LogP contribution is 2.37. The maximum atomic E-state index is 4.85. The van der Waals surface area contributed by atoms with Crippen LogP contribution in [0.1, 0.15) is 37.3 Å². The first-order valence-corrected chi connectivity index (χ1v) is 8.59. The molecule has 1 saturated carbocycles. The molecule has 2 heterocycles. The number of hydrogen-bond acceptors (Lipinski definition) is 4. The second-order valence-electron chi connectivity index (χ2n) is 4.84. The summed E-state index contributed by atoms with van der Waals surface area (Å²) in [6, 6.07) is 2.09. The average molecular weight is 385 g/mol. The molecule has 5 heteroatoms. The molecule has 0 atom stereocenters. The minimum atomic E-state index is 0.611. The van der Waals surface area contributed by atoms with Crippen LogP contribution in [0.5, 0.6) is 0 Å². The molecule has 2 aromatic rings. The second kappa shape index (κ2) is 5.75. The number of rotatable bonds is 3. The molecular weight excluding hydrogens is 369 g/mol. The Labute approximate surface area is 131 Å². The highest BCUT2D eigenvalue weighted by molar-refractivity contribution is 14.1. The minimum Gasteiger partial charge on any atom is -0.372 e. The molecule has 0 saturated heterocycles. The van der Waals surface area contributed by atoms with Crippen LogP contribution in [0.15, 0.2) is 16.8 Å². The fourth-order valence-electron chi connectivity index (χ4n) is 2.62. The van der Waals surface area contributed by atoms with E-state index in [0.717, 1.165) is 17.2 Å². The van der Waals surface area contributed by atoms with E-state index in [1.165, 1.54) is 34.9 Å². The Kier molecular flexibility index (Phi) is 4.02. The van der Waals surface area contributed by atoms with Crippen molar-refractivity contribution >= 4 is 39.7 Å². The van der Waals surface area contributed by atoms with Crippen LogP contribution in [0.25, 0.3) is 11.4 Å². The average Bonchev–Trinajstić information content (AvgIpc) is 3.12. The highest BCUT2D eigenvalue weighted by atomic mass is 127. The van der Waals surface area contributed by atoms with Gasteiger partial charge in [-0.3, -0.25) is 0 Å². The molecule has 100 valence electrons. The van der Waals surface area contributed by atoms with Gasteiger partial charge in [-0.25, -0.2) is 9.97 Å². The van der Waals surface area contributed by atoms with Gasteiger partial charge in [-0.05, 0) is 46.9 Å². The SMILES string of the molecule is CNc1nc(-c2ccsc2)nc(C2CCCC2)c1I. The molecule has 19 heavy (non-hydrogen) atoms. The monoisotopic (exact) mass is 385 g/mol. The van der Waals surface area contributed by atoms with Crippen molar-refractivity contribution in [2.75, 3.05) is 12.4 Å². The number of hydrogen-bond donors (Lipinski definition) is 1. The molecule has 0 aliphatic heterocycles. The molecule has 0 unspecified atom stereocenters. The Bertz CT molecular complexity index is 562. The van der Waals surface area contributed by atoms with Crippen molar-refractivity contribution in [3.63, 3.8) is 0 Å². The van der Waals surface area contributed by atoms with E-state index >= 15 is 0 Å². The summed E-state index contributed by atoms with van der Waals surface area (Å²) < 4.78 is 1.19. The number of nitrogens with one attached hydrogen (secondary N) is 1. The van der Waals surface area contributed by atoms with E-state index in [9.17, 15) is 0 Å². The van der Waals surface area contributed by atoms with Crippen LogP contribution in [0.4, 0.5) is 5.82 Å². The van der Waals surface area contributed by atoms with Gasteiger partial charge in [0.25, 0.3) is 0 Å². The largest absolute Gasteiger partial charge is 0.372 e. The summed E-state index contributed by atoms with van der Waals surface area (Å²) >= 11 is 4.07. The maximum absolute atomic E-state index is 4.85. The molecule has 0 bridgehead atoms. The molecule has 1 aliphatic rings. The van der Waals surface area contributed by atoms with Gasteiger partial charge in [0.15, 0.2) is 5.82 Å². The summed E-state index contributed by atoms with van der Waals surface area (Å²) in [4.78, 5) is 9.50. The molecule has 0 amide bonds. The molecule has 2 aromatic heterocycles. The Morgan fingerprint density at radius 2 is 2.11 bits per heavy atom. The zero-order valence-electron chi connectivity index (χ0n) is 10.8. The smallest absolute Gasteiger partial charge is 0.162 e. The standard InChI is InChI=1S/C14H16IN3S/c1-16-14-11(15)12(9-4-2-3-5-9)17-13(18-14)10-6-7-19-8-10/h6-9H,2-5H2,1H3,(H,16,17,18). The Morgan fingerprint density at radius 3 is 2.74 bits per heavy atom. The summed E-state index contributed by atoms with van der Waals surface area (Å²) in [5.41, 5.74) is 2.36. The van der Waals surface area contributed by atoms with Crippen LogP contribution < -0.4 is 5.32 Å². The van der Waals surface area contributed by atoms with E-state index in [2.05, 4.69) is 49.7 Å². The van der Waals surface area contributed by atoms with E-state index in [0.29, 0.717) is 5.92 Å². The van der Waals surface area contributed by atoms with E-state index in [1.54, 1.807) is 11.3 Å². The van der Waals surface area contributed by atoms with Crippen LogP contribution in [0.2, 0.25) is 0 Å². The highest BCUT2D eigenvalue weighted by Gasteiger charge is 2.23. The summed E-state index contributed by atoms with van der Waals surface area (Å²) in [7, 11) is 1.93. The third-order valence-electron chi connectivity index (χ3n) is 3.63. The van der Waals surface area contributed by atoms with Gasteiger partial charge in [0, 0.05) is 23.9 Å². The molecule has 3 nitrogen and oxygen atoms in total. The van der Waals surface area contributed by atoms with Gasteiger partial charge < -0.3 is 5.32 Å². The molecule has 1 aliphatic carbocycles. The molecule has 0 aromatic carbocycles. The first-order valence-electron chi connectivity index (χ1n) is 6.57. The zero-order chi connectivity index (χ0) is 13.2. The van der Waals surface area contributed by atoms with Gasteiger partial charge in [0.1, 0.15) is 5.82 Å². The molecular formula is C14H16IN3S. The van der Waals surface area contributed by atoms with E-state index < -0.39 is 0 Å². The number of thiophene rings is 1. The van der Waals surface area contributed by atoms with E-state index in [-0.39, 0.29) is 0 Å². The molecule has 0 radical (unpaired) electrons. The summed E-state index contributed by atoms with van der Waals surface area (Å²) in [6.07, 6.45) is 5.18. The van der Waals surface area contributed by atoms with Crippen LogP contribution in [0.3, 0.4) is 0 Å². The Balaban J connectivity index is 2.09. The lowest BCUT2D eigenvalue weighted by atomic mass is 10.0. The quantitative estimate of drug-likeness (QED) is 0.791. The lowest BCUT2D eigenvalue weighted by Gasteiger charge is -2.15. The summed E-state index contributed by atoms with van der Waals surface area (Å²) in [5, 5.41) is 7.39. The fourth-order valence-corrected chi connectivity index (χ4v) is 4.21. The first kappa shape index (κ1) is 13.3. The van der Waals surface area contributed by atoms with Crippen LogP contribution in [-0.4, -0.2) is 17.0 Å². The Morgan fingerprint density at radius 1 is 1.32 bits per heavy atom. The maximum Gasteiger partial charge on any atom is 0.162 e. The second-order valence-corrected chi connectivity index (χ2v) is 6.70. The van der Waals surface area contributed by atoms with Crippen molar-refractivity contribution in [2.45, 2.75) is 31.6 Å². The van der Waals surface area contributed by atoms with Crippen molar-refractivity contribution < 1.29 is 0 Å².